The van der Waals surface area contributed by atoms with Crippen LogP contribution in [0.2, 0.25) is 0 Å². The number of carbonyl (C=O) groups is 3. The van der Waals surface area contributed by atoms with Crippen molar-refractivity contribution in [2.75, 3.05) is 13.7 Å². The Morgan fingerprint density at radius 2 is 1.62 bits per heavy atom. The number of allylic oxidation sites excluding steroid dienone is 2. The maximum atomic E-state index is 13.8. The highest BCUT2D eigenvalue weighted by Crippen LogP contribution is 2.46. The zero-order valence-electron chi connectivity index (χ0n) is 22.4. The molecule has 204 valence electrons. The van der Waals surface area contributed by atoms with Gasteiger partial charge in [-0.25, -0.2) is 0 Å². The maximum absolute atomic E-state index is 13.8. The van der Waals surface area contributed by atoms with E-state index in [1.807, 2.05) is 54.6 Å². The topological polar surface area (TPSA) is 119 Å². The molecule has 4 N–H and O–H groups in total. The monoisotopic (exact) mass is 536 g/mol. The lowest BCUT2D eigenvalue weighted by molar-refractivity contribution is -0.136. The average molecular weight is 537 g/mol. The molecule has 0 bridgehead atoms. The molecule has 0 spiro atoms. The van der Waals surface area contributed by atoms with Crippen LogP contribution in [0.5, 0.6) is 5.75 Å². The normalized spacial score (nSPS) is 20.1. The van der Waals surface area contributed by atoms with Gasteiger partial charge in [-0.3, -0.25) is 14.4 Å². The molecule has 2 aliphatic carbocycles. The molecule has 0 aliphatic heterocycles. The minimum atomic E-state index is -2.12. The van der Waals surface area contributed by atoms with Gasteiger partial charge in [-0.2, -0.15) is 0 Å². The zero-order valence-corrected chi connectivity index (χ0v) is 22.4. The van der Waals surface area contributed by atoms with Gasteiger partial charge in [0, 0.05) is 34.7 Å². The first-order chi connectivity index (χ1) is 19.3. The fourth-order valence-corrected chi connectivity index (χ4v) is 5.73. The first-order valence-electron chi connectivity index (χ1n) is 13.4. The number of carbonyl (C=O) groups excluding carboxylic acids is 3. The van der Waals surface area contributed by atoms with Crippen molar-refractivity contribution in [1.29, 1.82) is 0 Å². The van der Waals surface area contributed by atoms with Gasteiger partial charge in [-0.05, 0) is 60.7 Å². The van der Waals surface area contributed by atoms with Crippen molar-refractivity contribution in [2.45, 2.75) is 31.4 Å². The van der Waals surface area contributed by atoms with Crippen LogP contribution in [0.15, 0.2) is 102 Å². The number of ether oxygens (including phenoxy) is 1. The van der Waals surface area contributed by atoms with Gasteiger partial charge in [-0.1, -0.05) is 66.7 Å². The Bertz CT molecular complexity index is 1520. The summed E-state index contributed by atoms with van der Waals surface area (Å²) in [5.41, 5.74) is 6.98. The standard InChI is InChI=1S/C33H32N2O5/c1-40-24-13-7-11-22(17-24)20-35-16-8-12-23-19-27-29(31(37)26-15-6-5-14-25(26)30(27)36)28(33(23,39)32(34)38)18-21-9-3-2-4-10-21/h2-7,9-11,13-15,17,19,28,35,39H,8,12,16,18,20H2,1H3,(H2,34,38)/t28-,33-/m0/s1. The first kappa shape index (κ1) is 27.2. The molecule has 3 aromatic rings. The summed E-state index contributed by atoms with van der Waals surface area (Å²) in [6.07, 6.45) is 2.59. The second-order valence-electron chi connectivity index (χ2n) is 10.2. The highest BCUT2D eigenvalue weighted by atomic mass is 16.5. The average Bonchev–Trinajstić information content (AvgIpc) is 2.98. The molecule has 0 aromatic heterocycles. The number of nitrogens with one attached hydrogen (secondary N) is 1. The van der Waals surface area contributed by atoms with E-state index in [-0.39, 0.29) is 34.7 Å². The van der Waals surface area contributed by atoms with Crippen LogP contribution in [0.4, 0.5) is 0 Å². The molecule has 0 saturated heterocycles. The fourth-order valence-electron chi connectivity index (χ4n) is 5.73. The number of benzene rings is 3. The van der Waals surface area contributed by atoms with Crippen LogP contribution >= 0.6 is 0 Å². The molecular formula is C33H32N2O5. The Hall–Kier alpha value is -4.33. The van der Waals surface area contributed by atoms with Gasteiger partial charge in [0.1, 0.15) is 5.75 Å². The van der Waals surface area contributed by atoms with E-state index in [0.717, 1.165) is 16.9 Å². The van der Waals surface area contributed by atoms with Crippen LogP contribution in [0.1, 0.15) is 44.7 Å². The summed E-state index contributed by atoms with van der Waals surface area (Å²) in [4.78, 5) is 40.4. The quantitative estimate of drug-likeness (QED) is 0.338. The number of hydrogen-bond donors (Lipinski definition) is 3. The smallest absolute Gasteiger partial charge is 0.254 e. The summed E-state index contributed by atoms with van der Waals surface area (Å²) in [6, 6.07) is 23.7. The van der Waals surface area contributed by atoms with Gasteiger partial charge in [0.2, 0.25) is 0 Å². The lowest BCUT2D eigenvalue weighted by Gasteiger charge is -2.42. The van der Waals surface area contributed by atoms with Crippen LogP contribution in [-0.2, 0) is 17.8 Å². The summed E-state index contributed by atoms with van der Waals surface area (Å²) in [7, 11) is 1.62. The largest absolute Gasteiger partial charge is 0.497 e. The number of nitrogens with two attached hydrogens (primary N) is 1. The number of methoxy groups -OCH3 is 1. The summed E-state index contributed by atoms with van der Waals surface area (Å²) < 4.78 is 5.28. The molecule has 2 aliphatic rings. The molecule has 0 fully saturated rings. The molecule has 3 aromatic carbocycles. The lowest BCUT2D eigenvalue weighted by atomic mass is 9.63. The van der Waals surface area contributed by atoms with Crippen LogP contribution < -0.4 is 15.8 Å². The van der Waals surface area contributed by atoms with Crippen LogP contribution in [0.25, 0.3) is 0 Å². The van der Waals surface area contributed by atoms with E-state index in [4.69, 9.17) is 10.5 Å². The van der Waals surface area contributed by atoms with Crippen molar-refractivity contribution in [3.8, 4) is 5.75 Å². The van der Waals surface area contributed by atoms with E-state index in [0.29, 0.717) is 37.1 Å². The highest BCUT2D eigenvalue weighted by molar-refractivity contribution is 6.29. The van der Waals surface area contributed by atoms with Crippen molar-refractivity contribution in [3.05, 3.63) is 124 Å². The third kappa shape index (κ3) is 5.01. The number of ketones is 2. The number of primary amides is 1. The minimum Gasteiger partial charge on any atom is -0.497 e. The Kier molecular flexibility index (Phi) is 7.78. The van der Waals surface area contributed by atoms with Crippen molar-refractivity contribution < 1.29 is 24.2 Å². The van der Waals surface area contributed by atoms with Gasteiger partial charge in [0.15, 0.2) is 17.2 Å². The van der Waals surface area contributed by atoms with Crippen molar-refractivity contribution in [2.24, 2.45) is 11.7 Å². The van der Waals surface area contributed by atoms with Crippen molar-refractivity contribution >= 4 is 17.5 Å². The molecule has 0 unspecified atom stereocenters. The van der Waals surface area contributed by atoms with E-state index in [2.05, 4.69) is 5.32 Å². The fraction of sp³-hybridized carbons (Fsp3) is 0.242. The van der Waals surface area contributed by atoms with E-state index < -0.39 is 17.4 Å². The van der Waals surface area contributed by atoms with Gasteiger partial charge in [0.05, 0.1) is 7.11 Å². The Labute approximate surface area is 233 Å². The number of aliphatic hydroxyl groups is 1. The highest BCUT2D eigenvalue weighted by Gasteiger charge is 2.53. The minimum absolute atomic E-state index is 0.147. The molecule has 40 heavy (non-hydrogen) atoms. The summed E-state index contributed by atoms with van der Waals surface area (Å²) in [5, 5.41) is 15.4. The molecule has 1 amide bonds. The van der Waals surface area contributed by atoms with E-state index in [9.17, 15) is 19.5 Å². The van der Waals surface area contributed by atoms with Crippen molar-refractivity contribution in [1.82, 2.24) is 5.32 Å². The van der Waals surface area contributed by atoms with Gasteiger partial charge < -0.3 is 20.9 Å². The summed E-state index contributed by atoms with van der Waals surface area (Å²) in [5.74, 6) is -1.81. The third-order valence-electron chi connectivity index (χ3n) is 7.78. The van der Waals surface area contributed by atoms with E-state index in [1.165, 1.54) is 6.08 Å². The molecule has 5 rings (SSSR count). The maximum Gasteiger partial charge on any atom is 0.254 e. The second kappa shape index (κ2) is 11.4. The molecule has 2 atom stereocenters. The van der Waals surface area contributed by atoms with Crippen LogP contribution in [0.3, 0.4) is 0 Å². The molecule has 0 saturated carbocycles. The zero-order chi connectivity index (χ0) is 28.3. The Morgan fingerprint density at radius 3 is 2.33 bits per heavy atom. The molecular weight excluding hydrogens is 504 g/mol. The van der Waals surface area contributed by atoms with E-state index in [1.54, 1.807) is 31.4 Å². The summed E-state index contributed by atoms with van der Waals surface area (Å²) in [6.45, 7) is 1.21. The number of amides is 1. The molecule has 7 nitrogen and oxygen atoms in total. The van der Waals surface area contributed by atoms with Crippen LogP contribution in [-0.4, -0.2) is 41.8 Å². The Balaban J connectivity index is 1.45. The molecule has 0 heterocycles. The van der Waals surface area contributed by atoms with Crippen molar-refractivity contribution in [3.63, 3.8) is 0 Å². The number of rotatable bonds is 10. The predicted molar refractivity (Wildman–Crippen MR) is 152 cm³/mol. The summed E-state index contributed by atoms with van der Waals surface area (Å²) >= 11 is 0. The van der Waals surface area contributed by atoms with Gasteiger partial charge in [0.25, 0.3) is 5.91 Å². The molecule has 7 heteroatoms. The van der Waals surface area contributed by atoms with Crippen LogP contribution in [0, 0.1) is 5.92 Å². The Morgan fingerprint density at radius 1 is 0.950 bits per heavy atom. The number of Topliss-reactive ketones (excluding diaryl/α,β-unsaturated/α-hetero) is 2. The first-order valence-corrected chi connectivity index (χ1v) is 13.4. The third-order valence-corrected chi connectivity index (χ3v) is 7.78. The van der Waals surface area contributed by atoms with Gasteiger partial charge in [-0.15, -0.1) is 0 Å². The van der Waals surface area contributed by atoms with E-state index >= 15 is 0 Å². The number of fused-ring (bicyclic) bond motifs is 1. The number of hydrogen-bond acceptors (Lipinski definition) is 6. The predicted octanol–water partition coefficient (Wildman–Crippen LogP) is 3.96. The SMILES string of the molecule is COc1cccc(CNCCCC2=CC3=C(C(=O)c4ccccc4C3=O)[C@H](Cc3ccccc3)[C@]2(O)C(N)=O)c1. The van der Waals surface area contributed by atoms with Gasteiger partial charge >= 0.3 is 0 Å². The lowest BCUT2D eigenvalue weighted by Crippen LogP contribution is -2.56. The molecule has 0 radical (unpaired) electrons. The second-order valence-corrected chi connectivity index (χ2v) is 10.2.